The number of ether oxygens (including phenoxy) is 2. The lowest BCUT2D eigenvalue weighted by molar-refractivity contribution is -0.0173. The summed E-state index contributed by atoms with van der Waals surface area (Å²) in [5.41, 5.74) is -0.0675. The van der Waals surface area contributed by atoms with Gasteiger partial charge < -0.3 is 14.8 Å². The van der Waals surface area contributed by atoms with Crippen LogP contribution in [-0.4, -0.2) is 38.5 Å². The van der Waals surface area contributed by atoms with Crippen molar-refractivity contribution in [1.82, 2.24) is 5.32 Å². The van der Waals surface area contributed by atoms with E-state index in [1.165, 1.54) is 12.8 Å². The number of nitrogens with one attached hydrogen (secondary N) is 1. The number of methoxy groups -OCH3 is 1. The van der Waals surface area contributed by atoms with Gasteiger partial charge in [-0.1, -0.05) is 13.3 Å². The van der Waals surface area contributed by atoms with E-state index in [9.17, 15) is 0 Å². The van der Waals surface area contributed by atoms with Crippen molar-refractivity contribution in [3.63, 3.8) is 0 Å². The van der Waals surface area contributed by atoms with Crippen LogP contribution < -0.4 is 5.32 Å². The van der Waals surface area contributed by atoms with E-state index in [0.29, 0.717) is 6.04 Å². The first-order valence-corrected chi connectivity index (χ1v) is 5.59. The molecule has 0 aromatic rings. The van der Waals surface area contributed by atoms with Crippen molar-refractivity contribution in [3.05, 3.63) is 0 Å². The molecular formula is C11H23NO2. The molecule has 14 heavy (non-hydrogen) atoms. The van der Waals surface area contributed by atoms with Gasteiger partial charge in [0, 0.05) is 32.7 Å². The molecule has 0 saturated carbocycles. The van der Waals surface area contributed by atoms with E-state index >= 15 is 0 Å². The lowest BCUT2D eigenvalue weighted by Crippen LogP contribution is -2.45. The summed E-state index contributed by atoms with van der Waals surface area (Å²) in [6, 6.07) is 0.577. The molecule has 0 amide bonds. The summed E-state index contributed by atoms with van der Waals surface area (Å²) < 4.78 is 10.9. The predicted molar refractivity (Wildman–Crippen MR) is 57.5 cm³/mol. The molecule has 1 fully saturated rings. The molecule has 3 heteroatoms. The third-order valence-corrected chi connectivity index (χ3v) is 2.99. The molecule has 1 aliphatic rings. The Bertz CT molecular complexity index is 155. The minimum atomic E-state index is -0.0675. The molecule has 1 aliphatic heterocycles. The van der Waals surface area contributed by atoms with Crippen LogP contribution in [0.3, 0.4) is 0 Å². The fourth-order valence-electron chi connectivity index (χ4n) is 1.86. The highest BCUT2D eigenvalue weighted by Crippen LogP contribution is 2.21. The van der Waals surface area contributed by atoms with Crippen LogP contribution in [0, 0.1) is 0 Å². The second-order valence-corrected chi connectivity index (χ2v) is 4.26. The molecular weight excluding hydrogens is 178 g/mol. The van der Waals surface area contributed by atoms with Gasteiger partial charge in [-0.3, -0.25) is 0 Å². The maximum atomic E-state index is 5.54. The summed E-state index contributed by atoms with van der Waals surface area (Å²) in [5.74, 6) is 0. The first kappa shape index (κ1) is 12.0. The van der Waals surface area contributed by atoms with E-state index < -0.39 is 0 Å². The molecule has 1 saturated heterocycles. The van der Waals surface area contributed by atoms with Crippen molar-refractivity contribution in [2.24, 2.45) is 0 Å². The van der Waals surface area contributed by atoms with Gasteiger partial charge in [-0.2, -0.15) is 0 Å². The van der Waals surface area contributed by atoms with E-state index in [4.69, 9.17) is 9.47 Å². The van der Waals surface area contributed by atoms with Crippen LogP contribution in [0.4, 0.5) is 0 Å². The fourth-order valence-corrected chi connectivity index (χ4v) is 1.86. The van der Waals surface area contributed by atoms with E-state index in [0.717, 1.165) is 26.2 Å². The monoisotopic (exact) mass is 201 g/mol. The van der Waals surface area contributed by atoms with Gasteiger partial charge in [-0.25, -0.2) is 0 Å². The summed E-state index contributed by atoms with van der Waals surface area (Å²) in [4.78, 5) is 0. The van der Waals surface area contributed by atoms with Crippen molar-refractivity contribution in [2.45, 2.75) is 44.8 Å². The zero-order valence-electron chi connectivity index (χ0n) is 9.64. The highest BCUT2D eigenvalue weighted by atomic mass is 16.5. The van der Waals surface area contributed by atoms with E-state index in [-0.39, 0.29) is 5.60 Å². The van der Waals surface area contributed by atoms with Crippen LogP contribution in [0.2, 0.25) is 0 Å². The Hall–Kier alpha value is -0.120. The summed E-state index contributed by atoms with van der Waals surface area (Å²) >= 11 is 0. The average Bonchev–Trinajstić information content (AvgIpc) is 2.65. The summed E-state index contributed by atoms with van der Waals surface area (Å²) in [7, 11) is 1.78. The van der Waals surface area contributed by atoms with Crippen molar-refractivity contribution < 1.29 is 9.47 Å². The molecule has 2 unspecified atom stereocenters. The molecule has 0 aromatic carbocycles. The van der Waals surface area contributed by atoms with E-state index in [1.807, 2.05) is 0 Å². The van der Waals surface area contributed by atoms with Gasteiger partial charge in [-0.15, -0.1) is 0 Å². The van der Waals surface area contributed by atoms with Gasteiger partial charge in [0.1, 0.15) is 5.60 Å². The van der Waals surface area contributed by atoms with Gasteiger partial charge in [0.05, 0.1) is 6.61 Å². The molecule has 84 valence electrons. The van der Waals surface area contributed by atoms with Gasteiger partial charge in [0.2, 0.25) is 0 Å². The predicted octanol–water partition coefficient (Wildman–Crippen LogP) is 1.57. The molecule has 0 bridgehead atoms. The molecule has 1 heterocycles. The zero-order valence-corrected chi connectivity index (χ0v) is 9.64. The highest BCUT2D eigenvalue weighted by Gasteiger charge is 2.34. The quantitative estimate of drug-likeness (QED) is 0.707. The third-order valence-electron chi connectivity index (χ3n) is 2.99. The Morgan fingerprint density at radius 1 is 1.57 bits per heavy atom. The van der Waals surface area contributed by atoms with E-state index in [2.05, 4.69) is 19.2 Å². The first-order valence-electron chi connectivity index (χ1n) is 5.59. The largest absolute Gasteiger partial charge is 0.378 e. The molecule has 2 atom stereocenters. The lowest BCUT2D eigenvalue weighted by Gasteiger charge is -2.27. The normalized spacial score (nSPS) is 29.4. The van der Waals surface area contributed by atoms with E-state index in [1.54, 1.807) is 7.11 Å². The maximum absolute atomic E-state index is 5.54. The first-order chi connectivity index (χ1) is 6.72. The summed E-state index contributed by atoms with van der Waals surface area (Å²) in [5, 5.41) is 3.51. The molecule has 1 rings (SSSR count). The van der Waals surface area contributed by atoms with Crippen LogP contribution >= 0.6 is 0 Å². The lowest BCUT2D eigenvalue weighted by atomic mass is 10.0. The molecule has 1 N–H and O–H groups in total. The van der Waals surface area contributed by atoms with Gasteiger partial charge >= 0.3 is 0 Å². The van der Waals surface area contributed by atoms with Crippen molar-refractivity contribution in [3.8, 4) is 0 Å². The molecule has 3 nitrogen and oxygen atoms in total. The highest BCUT2D eigenvalue weighted by molar-refractivity contribution is 4.87. The molecule has 0 aromatic heterocycles. The topological polar surface area (TPSA) is 30.5 Å². The van der Waals surface area contributed by atoms with Crippen molar-refractivity contribution >= 4 is 0 Å². The second-order valence-electron chi connectivity index (χ2n) is 4.26. The Balaban J connectivity index is 2.27. The smallest absolute Gasteiger partial charge is 0.106 e. The van der Waals surface area contributed by atoms with Gasteiger partial charge in [-0.05, 0) is 13.3 Å². The van der Waals surface area contributed by atoms with Crippen molar-refractivity contribution in [1.29, 1.82) is 0 Å². The number of hydrogen-bond acceptors (Lipinski definition) is 3. The Labute approximate surface area is 87.2 Å². The minimum absolute atomic E-state index is 0.0675. The van der Waals surface area contributed by atoms with Crippen LogP contribution in [0.25, 0.3) is 0 Å². The Kier molecular flexibility index (Phi) is 4.85. The molecule has 0 radical (unpaired) electrons. The summed E-state index contributed by atoms with van der Waals surface area (Å²) in [6.45, 7) is 6.91. The Morgan fingerprint density at radius 2 is 2.36 bits per heavy atom. The molecule has 0 aliphatic carbocycles. The SMILES string of the molecule is CCCC(C)NCC1(OC)CCOC1. The van der Waals surface area contributed by atoms with Crippen molar-refractivity contribution in [2.75, 3.05) is 26.9 Å². The summed E-state index contributed by atoms with van der Waals surface area (Å²) in [6.07, 6.45) is 3.46. The third kappa shape index (κ3) is 3.23. The zero-order chi connectivity index (χ0) is 10.4. The molecule has 0 spiro atoms. The van der Waals surface area contributed by atoms with Crippen LogP contribution in [0.15, 0.2) is 0 Å². The van der Waals surface area contributed by atoms with Crippen LogP contribution in [0.1, 0.15) is 33.1 Å². The minimum Gasteiger partial charge on any atom is -0.378 e. The number of hydrogen-bond donors (Lipinski definition) is 1. The van der Waals surface area contributed by atoms with Crippen LogP contribution in [-0.2, 0) is 9.47 Å². The number of rotatable bonds is 6. The average molecular weight is 201 g/mol. The Morgan fingerprint density at radius 3 is 2.86 bits per heavy atom. The van der Waals surface area contributed by atoms with Gasteiger partial charge in [0.15, 0.2) is 0 Å². The van der Waals surface area contributed by atoms with Crippen LogP contribution in [0.5, 0.6) is 0 Å². The maximum Gasteiger partial charge on any atom is 0.106 e. The fraction of sp³-hybridized carbons (Fsp3) is 1.00. The standard InChI is InChI=1S/C11H23NO2/c1-4-5-10(2)12-8-11(13-3)6-7-14-9-11/h10,12H,4-9H2,1-3H3. The second kappa shape index (κ2) is 5.69. The van der Waals surface area contributed by atoms with Gasteiger partial charge in [0.25, 0.3) is 0 Å².